The Hall–Kier alpha value is -3.95. The van der Waals surface area contributed by atoms with E-state index in [2.05, 4.69) is 10.3 Å². The number of aliphatic hydroxyl groups is 1. The number of aromatic nitrogens is 3. The van der Waals surface area contributed by atoms with Gasteiger partial charge in [0.05, 0.1) is 47.5 Å². The van der Waals surface area contributed by atoms with Crippen molar-refractivity contribution in [3.63, 3.8) is 0 Å². The van der Waals surface area contributed by atoms with E-state index in [1.807, 2.05) is 24.8 Å². The fourth-order valence-corrected chi connectivity index (χ4v) is 4.65. The van der Waals surface area contributed by atoms with Crippen molar-refractivity contribution in [2.45, 2.75) is 45.6 Å². The smallest absolute Gasteiger partial charge is 0.251 e. The summed E-state index contributed by atoms with van der Waals surface area (Å²) < 4.78 is 20.4. The average molecular weight is 516 g/mol. The van der Waals surface area contributed by atoms with Gasteiger partial charge in [-0.15, -0.1) is 0 Å². The molecule has 4 aromatic rings. The number of carbonyl (C=O) groups is 1. The van der Waals surface area contributed by atoms with Gasteiger partial charge in [-0.3, -0.25) is 9.78 Å². The maximum absolute atomic E-state index is 14.6. The number of amides is 1. The van der Waals surface area contributed by atoms with E-state index in [-0.39, 0.29) is 30.5 Å². The second-order valence-electron chi connectivity index (χ2n) is 9.74. The molecule has 1 aliphatic heterocycles. The normalized spacial score (nSPS) is 18.4. The molecule has 3 atom stereocenters. The number of aliphatic hydroxyl groups excluding tert-OH is 1. The van der Waals surface area contributed by atoms with Crippen LogP contribution in [0.3, 0.4) is 0 Å². The molecule has 1 fully saturated rings. The molecule has 5 rings (SSSR count). The highest BCUT2D eigenvalue weighted by Gasteiger charge is 2.24. The SMILES string of the molecule is C[C@@H]1CN(c2cc(F)cc(-c3ccc4cnc(CNC(=O)c5cccc([C@@H](C)O)c5)cc4n3)n2)C[C@H](C)O1. The van der Waals surface area contributed by atoms with E-state index < -0.39 is 6.10 Å². The summed E-state index contributed by atoms with van der Waals surface area (Å²) in [6.45, 7) is 7.12. The molecule has 38 heavy (non-hydrogen) atoms. The van der Waals surface area contributed by atoms with E-state index in [1.54, 1.807) is 49.5 Å². The van der Waals surface area contributed by atoms with Gasteiger partial charge in [0.2, 0.25) is 0 Å². The zero-order valence-corrected chi connectivity index (χ0v) is 21.6. The van der Waals surface area contributed by atoms with Crippen molar-refractivity contribution in [2.75, 3.05) is 18.0 Å². The monoisotopic (exact) mass is 515 g/mol. The van der Waals surface area contributed by atoms with E-state index in [1.165, 1.54) is 12.1 Å². The second kappa shape index (κ2) is 10.8. The third kappa shape index (κ3) is 5.79. The Morgan fingerprint density at radius 2 is 1.89 bits per heavy atom. The van der Waals surface area contributed by atoms with Gasteiger partial charge < -0.3 is 20.1 Å². The van der Waals surface area contributed by atoms with Gasteiger partial charge in [0.15, 0.2) is 0 Å². The van der Waals surface area contributed by atoms with Gasteiger partial charge in [-0.2, -0.15) is 0 Å². The lowest BCUT2D eigenvalue weighted by Gasteiger charge is -2.36. The van der Waals surface area contributed by atoms with E-state index in [9.17, 15) is 14.3 Å². The molecule has 196 valence electrons. The van der Waals surface area contributed by atoms with Gasteiger partial charge in [-0.1, -0.05) is 12.1 Å². The molecular weight excluding hydrogens is 485 g/mol. The first-order chi connectivity index (χ1) is 18.2. The van der Waals surface area contributed by atoms with E-state index >= 15 is 0 Å². The van der Waals surface area contributed by atoms with Gasteiger partial charge >= 0.3 is 0 Å². The number of hydrogen-bond donors (Lipinski definition) is 2. The minimum atomic E-state index is -0.658. The van der Waals surface area contributed by atoms with Crippen molar-refractivity contribution >= 4 is 22.6 Å². The van der Waals surface area contributed by atoms with Crippen molar-refractivity contribution < 1.29 is 19.0 Å². The number of ether oxygens (including phenoxy) is 1. The number of morpholine rings is 1. The molecule has 0 saturated carbocycles. The Bertz CT molecular complexity index is 1470. The van der Waals surface area contributed by atoms with Crippen LogP contribution in [0.4, 0.5) is 10.2 Å². The van der Waals surface area contributed by atoms with Crippen LogP contribution in [0.2, 0.25) is 0 Å². The highest BCUT2D eigenvalue weighted by atomic mass is 19.1. The van der Waals surface area contributed by atoms with Gasteiger partial charge in [0.1, 0.15) is 11.6 Å². The standard InChI is InChI=1S/C29H30FN5O3/c1-17-15-35(16-18(2)38-17)28-11-23(30)10-27(34-28)25-8-7-22-13-31-24(12-26(22)33-25)14-32-29(37)21-6-4-5-20(9-21)19(3)36/h4-13,17-19,36H,14-16H2,1-3H3,(H,32,37)/t17-,18+,19-/m1/s1. The van der Waals surface area contributed by atoms with Crippen molar-refractivity contribution in [3.8, 4) is 11.4 Å². The van der Waals surface area contributed by atoms with Crippen molar-refractivity contribution in [2.24, 2.45) is 0 Å². The molecule has 9 heteroatoms. The Morgan fingerprint density at radius 1 is 1.11 bits per heavy atom. The minimum absolute atomic E-state index is 0.0275. The first kappa shape index (κ1) is 25.7. The van der Waals surface area contributed by atoms with Gasteiger partial charge in [-0.25, -0.2) is 14.4 Å². The van der Waals surface area contributed by atoms with Gasteiger partial charge in [0, 0.05) is 42.4 Å². The number of fused-ring (bicyclic) bond motifs is 1. The Balaban J connectivity index is 1.36. The predicted octanol–water partition coefficient (Wildman–Crippen LogP) is 4.43. The largest absolute Gasteiger partial charge is 0.389 e. The first-order valence-corrected chi connectivity index (χ1v) is 12.7. The lowest BCUT2D eigenvalue weighted by atomic mass is 10.1. The van der Waals surface area contributed by atoms with E-state index in [0.29, 0.717) is 52.6 Å². The fraction of sp³-hybridized carbons (Fsp3) is 0.310. The molecule has 1 amide bonds. The molecule has 0 radical (unpaired) electrons. The van der Waals surface area contributed by atoms with Gasteiger partial charge in [-0.05, 0) is 56.7 Å². The summed E-state index contributed by atoms with van der Waals surface area (Å²) in [6, 6.07) is 15.2. The van der Waals surface area contributed by atoms with Crippen molar-refractivity contribution in [1.82, 2.24) is 20.3 Å². The van der Waals surface area contributed by atoms with Crippen LogP contribution in [0.1, 0.15) is 48.5 Å². The maximum atomic E-state index is 14.6. The van der Waals surface area contributed by atoms with Crippen LogP contribution < -0.4 is 10.2 Å². The number of hydrogen-bond acceptors (Lipinski definition) is 7. The van der Waals surface area contributed by atoms with Crippen LogP contribution >= 0.6 is 0 Å². The summed E-state index contributed by atoms with van der Waals surface area (Å²) in [5.41, 5.74) is 3.42. The van der Waals surface area contributed by atoms with E-state index in [0.717, 1.165) is 5.39 Å². The molecule has 0 unspecified atom stereocenters. The molecular formula is C29H30FN5O3. The first-order valence-electron chi connectivity index (χ1n) is 12.7. The number of nitrogens with zero attached hydrogens (tertiary/aromatic N) is 4. The van der Waals surface area contributed by atoms with Crippen LogP contribution in [-0.4, -0.2) is 51.3 Å². The molecule has 1 saturated heterocycles. The Kier molecular flexibility index (Phi) is 7.31. The quantitative estimate of drug-likeness (QED) is 0.392. The number of carbonyl (C=O) groups excluding carboxylic acids is 1. The van der Waals surface area contributed by atoms with Crippen LogP contribution in [0, 0.1) is 5.82 Å². The highest BCUT2D eigenvalue weighted by Crippen LogP contribution is 2.26. The zero-order valence-electron chi connectivity index (χ0n) is 21.6. The Labute approximate surface area is 220 Å². The third-order valence-corrected chi connectivity index (χ3v) is 6.47. The van der Waals surface area contributed by atoms with Crippen molar-refractivity contribution in [3.05, 3.63) is 83.4 Å². The summed E-state index contributed by atoms with van der Waals surface area (Å²) >= 11 is 0. The fourth-order valence-electron chi connectivity index (χ4n) is 4.65. The summed E-state index contributed by atoms with van der Waals surface area (Å²) in [7, 11) is 0. The number of benzene rings is 1. The van der Waals surface area contributed by atoms with Crippen LogP contribution in [0.15, 0.2) is 60.8 Å². The number of nitrogens with one attached hydrogen (secondary N) is 1. The lowest BCUT2D eigenvalue weighted by molar-refractivity contribution is -0.00547. The maximum Gasteiger partial charge on any atom is 0.251 e. The molecule has 4 heterocycles. The number of anilines is 1. The highest BCUT2D eigenvalue weighted by molar-refractivity contribution is 5.94. The molecule has 1 aromatic carbocycles. The average Bonchev–Trinajstić information content (AvgIpc) is 2.90. The molecule has 3 aromatic heterocycles. The van der Waals surface area contributed by atoms with Crippen LogP contribution in [-0.2, 0) is 11.3 Å². The molecule has 0 aliphatic carbocycles. The molecule has 0 bridgehead atoms. The van der Waals surface area contributed by atoms with Crippen LogP contribution in [0.5, 0.6) is 0 Å². The molecule has 8 nitrogen and oxygen atoms in total. The number of pyridine rings is 3. The summed E-state index contributed by atoms with van der Waals surface area (Å²) in [5.74, 6) is -0.0856. The number of rotatable bonds is 6. The lowest BCUT2D eigenvalue weighted by Crippen LogP contribution is -2.45. The van der Waals surface area contributed by atoms with Gasteiger partial charge in [0.25, 0.3) is 5.91 Å². The molecule has 1 aliphatic rings. The number of halogens is 1. The minimum Gasteiger partial charge on any atom is -0.389 e. The third-order valence-electron chi connectivity index (χ3n) is 6.47. The summed E-state index contributed by atoms with van der Waals surface area (Å²) in [5, 5.41) is 13.5. The second-order valence-corrected chi connectivity index (χ2v) is 9.74. The van der Waals surface area contributed by atoms with E-state index in [4.69, 9.17) is 14.7 Å². The van der Waals surface area contributed by atoms with Crippen LogP contribution in [0.25, 0.3) is 22.3 Å². The van der Waals surface area contributed by atoms with Crippen molar-refractivity contribution in [1.29, 1.82) is 0 Å². The summed E-state index contributed by atoms with van der Waals surface area (Å²) in [6.07, 6.45) is 1.09. The summed E-state index contributed by atoms with van der Waals surface area (Å²) in [4.78, 5) is 28.6. The Morgan fingerprint density at radius 3 is 2.66 bits per heavy atom. The predicted molar refractivity (Wildman–Crippen MR) is 143 cm³/mol. The zero-order chi connectivity index (χ0) is 26.8. The molecule has 0 spiro atoms. The molecule has 2 N–H and O–H groups in total. The topological polar surface area (TPSA) is 100 Å².